The van der Waals surface area contributed by atoms with Gasteiger partial charge >= 0.3 is 0 Å². The van der Waals surface area contributed by atoms with Crippen LogP contribution in [-0.2, 0) is 9.53 Å². The molecule has 0 saturated carbocycles. The minimum absolute atomic E-state index is 0.0561. The Morgan fingerprint density at radius 1 is 1.63 bits per heavy atom. The molecule has 0 aliphatic carbocycles. The number of carbonyl (C=O) groups excluding carboxylic acids is 1. The van der Waals surface area contributed by atoms with E-state index in [4.69, 9.17) is 9.47 Å². The first-order valence-electron chi connectivity index (χ1n) is 6.13. The molecule has 5 nitrogen and oxygen atoms in total. The molecule has 2 N–H and O–H groups in total. The zero-order valence-corrected chi connectivity index (χ0v) is 12.3. The number of carbonyl (C=O) groups is 1. The number of methoxy groups -OCH3 is 1. The number of ether oxygens (including phenoxy) is 2. The van der Waals surface area contributed by atoms with Gasteiger partial charge in [-0.1, -0.05) is 15.9 Å². The number of morpholine rings is 1. The molecule has 1 aliphatic rings. The fourth-order valence-corrected chi connectivity index (χ4v) is 2.31. The quantitative estimate of drug-likeness (QED) is 0.884. The summed E-state index contributed by atoms with van der Waals surface area (Å²) in [6, 6.07) is 5.57. The molecule has 1 fully saturated rings. The van der Waals surface area contributed by atoms with E-state index in [0.717, 1.165) is 11.0 Å². The van der Waals surface area contributed by atoms with E-state index in [1.807, 2.05) is 18.2 Å². The van der Waals surface area contributed by atoms with Gasteiger partial charge in [0.25, 0.3) is 0 Å². The lowest BCUT2D eigenvalue weighted by Crippen LogP contribution is -2.43. The molecule has 0 radical (unpaired) electrons. The molecule has 1 aromatic rings. The highest BCUT2D eigenvalue weighted by atomic mass is 79.9. The van der Waals surface area contributed by atoms with Crippen LogP contribution in [0.4, 0.5) is 5.69 Å². The minimum Gasteiger partial charge on any atom is -0.495 e. The van der Waals surface area contributed by atoms with Crippen LogP contribution in [0.25, 0.3) is 0 Å². The van der Waals surface area contributed by atoms with Crippen molar-refractivity contribution in [3.63, 3.8) is 0 Å². The maximum atomic E-state index is 12.0. The fourth-order valence-electron chi connectivity index (χ4n) is 1.95. The van der Waals surface area contributed by atoms with Crippen LogP contribution in [-0.4, -0.2) is 38.8 Å². The van der Waals surface area contributed by atoms with Crippen LogP contribution < -0.4 is 15.4 Å². The lowest BCUT2D eigenvalue weighted by Gasteiger charge is -2.23. The maximum Gasteiger partial charge on any atom is 0.226 e. The van der Waals surface area contributed by atoms with Gasteiger partial charge in [-0.15, -0.1) is 0 Å². The summed E-state index contributed by atoms with van der Waals surface area (Å²) < 4.78 is 11.4. The number of amides is 1. The standard InChI is InChI=1S/C13H17BrN2O3/c1-18-12-3-2-9(14)6-11(12)16-13(17)7-10-8-19-5-4-15-10/h2-3,6,10,15H,4-5,7-8H2,1H3,(H,16,17). The summed E-state index contributed by atoms with van der Waals surface area (Å²) >= 11 is 3.37. The average molecular weight is 329 g/mol. The molecule has 0 bridgehead atoms. The maximum absolute atomic E-state index is 12.0. The molecule has 1 aromatic carbocycles. The predicted octanol–water partition coefficient (Wildman–Crippen LogP) is 1.77. The summed E-state index contributed by atoms with van der Waals surface area (Å²) in [7, 11) is 1.58. The summed E-state index contributed by atoms with van der Waals surface area (Å²) in [4.78, 5) is 12.0. The van der Waals surface area contributed by atoms with E-state index in [9.17, 15) is 4.79 Å². The van der Waals surface area contributed by atoms with Crippen LogP contribution in [0.15, 0.2) is 22.7 Å². The van der Waals surface area contributed by atoms with E-state index in [1.54, 1.807) is 7.11 Å². The third-order valence-corrected chi connectivity index (χ3v) is 3.36. The van der Waals surface area contributed by atoms with Crippen molar-refractivity contribution in [2.24, 2.45) is 0 Å². The Bertz CT molecular complexity index is 448. The monoisotopic (exact) mass is 328 g/mol. The first-order chi connectivity index (χ1) is 9.19. The third kappa shape index (κ3) is 4.19. The van der Waals surface area contributed by atoms with Crippen molar-refractivity contribution in [1.82, 2.24) is 5.32 Å². The predicted molar refractivity (Wildman–Crippen MR) is 76.6 cm³/mol. The zero-order valence-electron chi connectivity index (χ0n) is 10.7. The van der Waals surface area contributed by atoms with Crippen molar-refractivity contribution < 1.29 is 14.3 Å². The van der Waals surface area contributed by atoms with Gasteiger partial charge < -0.3 is 20.1 Å². The molecular formula is C13H17BrN2O3. The second-order valence-electron chi connectivity index (χ2n) is 4.32. The number of nitrogens with one attached hydrogen (secondary N) is 2. The van der Waals surface area contributed by atoms with Gasteiger partial charge in [-0.05, 0) is 18.2 Å². The fraction of sp³-hybridized carbons (Fsp3) is 0.462. The van der Waals surface area contributed by atoms with E-state index in [-0.39, 0.29) is 11.9 Å². The topological polar surface area (TPSA) is 59.6 Å². The Balaban J connectivity index is 1.95. The summed E-state index contributed by atoms with van der Waals surface area (Å²) in [6.07, 6.45) is 0.385. The highest BCUT2D eigenvalue weighted by molar-refractivity contribution is 9.10. The molecule has 0 aromatic heterocycles. The number of hydrogen-bond donors (Lipinski definition) is 2. The molecule has 1 amide bonds. The lowest BCUT2D eigenvalue weighted by atomic mass is 10.2. The molecule has 1 atom stereocenters. The highest BCUT2D eigenvalue weighted by Gasteiger charge is 2.17. The van der Waals surface area contributed by atoms with Gasteiger partial charge in [0.2, 0.25) is 5.91 Å². The van der Waals surface area contributed by atoms with Gasteiger partial charge in [-0.25, -0.2) is 0 Å². The molecule has 6 heteroatoms. The van der Waals surface area contributed by atoms with Crippen LogP contribution in [0, 0.1) is 0 Å². The van der Waals surface area contributed by atoms with E-state index in [1.165, 1.54) is 0 Å². The van der Waals surface area contributed by atoms with Gasteiger partial charge in [0.1, 0.15) is 5.75 Å². The third-order valence-electron chi connectivity index (χ3n) is 2.87. The SMILES string of the molecule is COc1ccc(Br)cc1NC(=O)CC1COCCN1. The number of rotatable bonds is 4. The van der Waals surface area contributed by atoms with Crippen molar-refractivity contribution in [2.75, 3.05) is 32.2 Å². The second kappa shape index (κ2) is 6.88. The number of halogens is 1. The molecule has 104 valence electrons. The summed E-state index contributed by atoms with van der Waals surface area (Å²) in [5, 5.41) is 6.11. The smallest absolute Gasteiger partial charge is 0.226 e. The Kier molecular flexibility index (Phi) is 5.18. The van der Waals surface area contributed by atoms with E-state index in [2.05, 4.69) is 26.6 Å². The van der Waals surface area contributed by atoms with Crippen molar-refractivity contribution >= 4 is 27.5 Å². The zero-order chi connectivity index (χ0) is 13.7. The molecule has 1 aliphatic heterocycles. The summed E-state index contributed by atoms with van der Waals surface area (Å²) in [6.45, 7) is 2.07. The second-order valence-corrected chi connectivity index (χ2v) is 5.24. The molecule has 19 heavy (non-hydrogen) atoms. The van der Waals surface area contributed by atoms with Crippen molar-refractivity contribution in [3.05, 3.63) is 22.7 Å². The first kappa shape index (κ1) is 14.3. The van der Waals surface area contributed by atoms with Gasteiger partial charge in [-0.2, -0.15) is 0 Å². The van der Waals surface area contributed by atoms with Gasteiger partial charge in [0.05, 0.1) is 26.0 Å². The molecular weight excluding hydrogens is 312 g/mol. The van der Waals surface area contributed by atoms with E-state index in [0.29, 0.717) is 31.1 Å². The Labute approximate surface area is 120 Å². The largest absolute Gasteiger partial charge is 0.495 e. The van der Waals surface area contributed by atoms with Crippen LogP contribution in [0.2, 0.25) is 0 Å². The highest BCUT2D eigenvalue weighted by Crippen LogP contribution is 2.28. The lowest BCUT2D eigenvalue weighted by molar-refractivity contribution is -0.117. The number of benzene rings is 1. The van der Waals surface area contributed by atoms with E-state index >= 15 is 0 Å². The van der Waals surface area contributed by atoms with Crippen LogP contribution in [0.3, 0.4) is 0 Å². The van der Waals surface area contributed by atoms with E-state index < -0.39 is 0 Å². The molecule has 1 saturated heterocycles. The Hall–Kier alpha value is -1.11. The summed E-state index contributed by atoms with van der Waals surface area (Å²) in [5.74, 6) is 0.587. The van der Waals surface area contributed by atoms with Gasteiger partial charge in [-0.3, -0.25) is 4.79 Å². The van der Waals surface area contributed by atoms with Gasteiger partial charge in [0, 0.05) is 23.5 Å². The minimum atomic E-state index is -0.0561. The van der Waals surface area contributed by atoms with Gasteiger partial charge in [0.15, 0.2) is 0 Å². The number of hydrogen-bond acceptors (Lipinski definition) is 4. The van der Waals surface area contributed by atoms with Crippen LogP contribution >= 0.6 is 15.9 Å². The van der Waals surface area contributed by atoms with Crippen LogP contribution in [0.1, 0.15) is 6.42 Å². The average Bonchev–Trinajstić information content (AvgIpc) is 2.40. The Morgan fingerprint density at radius 2 is 2.47 bits per heavy atom. The normalized spacial score (nSPS) is 18.9. The van der Waals surface area contributed by atoms with Crippen molar-refractivity contribution in [3.8, 4) is 5.75 Å². The molecule has 1 heterocycles. The number of anilines is 1. The van der Waals surface area contributed by atoms with Crippen LogP contribution in [0.5, 0.6) is 5.75 Å². The molecule has 1 unspecified atom stereocenters. The van der Waals surface area contributed by atoms with Crippen molar-refractivity contribution in [2.45, 2.75) is 12.5 Å². The van der Waals surface area contributed by atoms with Crippen molar-refractivity contribution in [1.29, 1.82) is 0 Å². The first-order valence-corrected chi connectivity index (χ1v) is 6.93. The Morgan fingerprint density at radius 3 is 3.16 bits per heavy atom. The molecule has 2 rings (SSSR count). The summed E-state index contributed by atoms with van der Waals surface area (Å²) in [5.41, 5.74) is 0.665. The molecule has 0 spiro atoms.